The van der Waals surface area contributed by atoms with E-state index in [1.54, 1.807) is 48.1 Å². The summed E-state index contributed by atoms with van der Waals surface area (Å²) < 4.78 is 19.7. The summed E-state index contributed by atoms with van der Waals surface area (Å²) in [6.45, 7) is 0.465. The zero-order valence-electron chi connectivity index (χ0n) is 14.0. The van der Waals surface area contributed by atoms with E-state index in [1.807, 2.05) is 24.3 Å². The van der Waals surface area contributed by atoms with Crippen molar-refractivity contribution in [1.29, 1.82) is 0 Å². The second-order valence-corrected chi connectivity index (χ2v) is 5.63. The van der Waals surface area contributed by atoms with Crippen molar-refractivity contribution in [3.8, 4) is 11.4 Å². The van der Waals surface area contributed by atoms with Crippen LogP contribution in [-0.2, 0) is 6.54 Å². The molecule has 0 spiro atoms. The molecule has 0 bridgehead atoms. The van der Waals surface area contributed by atoms with Gasteiger partial charge in [-0.1, -0.05) is 12.1 Å². The number of carbonyl (C=O) groups is 1. The molecule has 1 aromatic heterocycles. The van der Waals surface area contributed by atoms with Crippen molar-refractivity contribution in [2.24, 2.45) is 0 Å². The number of halogens is 1. The predicted octanol–water partition coefficient (Wildman–Crippen LogP) is 3.29. The average Bonchev–Trinajstić information content (AvgIpc) is 3.12. The van der Waals surface area contributed by atoms with Gasteiger partial charge in [-0.2, -0.15) is 5.10 Å². The molecule has 0 fully saturated rings. The van der Waals surface area contributed by atoms with Gasteiger partial charge in [0.15, 0.2) is 5.69 Å². The maximum absolute atomic E-state index is 13.0. The van der Waals surface area contributed by atoms with Crippen molar-refractivity contribution in [2.75, 3.05) is 14.2 Å². The summed E-state index contributed by atoms with van der Waals surface area (Å²) in [5.41, 5.74) is 2.02. The number of rotatable bonds is 5. The van der Waals surface area contributed by atoms with Crippen molar-refractivity contribution in [3.63, 3.8) is 0 Å². The molecular weight excluding hydrogens is 321 g/mol. The first-order valence-corrected chi connectivity index (χ1v) is 7.77. The number of ether oxygens (including phenoxy) is 1. The molecule has 0 saturated carbocycles. The third-order valence-electron chi connectivity index (χ3n) is 3.82. The van der Waals surface area contributed by atoms with Gasteiger partial charge in [0.2, 0.25) is 0 Å². The molecule has 0 saturated heterocycles. The van der Waals surface area contributed by atoms with Crippen molar-refractivity contribution >= 4 is 5.91 Å². The summed E-state index contributed by atoms with van der Waals surface area (Å²) in [5.74, 6) is 0.277. The first-order valence-electron chi connectivity index (χ1n) is 7.77. The van der Waals surface area contributed by atoms with Gasteiger partial charge in [-0.15, -0.1) is 0 Å². The fourth-order valence-electron chi connectivity index (χ4n) is 2.45. The number of amides is 1. The standard InChI is InChI=1S/C19H18FN3O2/c1-22(13-14-3-9-17(25-2)10-4-14)19(24)18-11-12-23(21-18)16-7-5-15(20)6-8-16/h3-12H,13H2,1-2H3. The first kappa shape index (κ1) is 16.7. The van der Waals surface area contributed by atoms with Gasteiger partial charge in [0.25, 0.3) is 5.91 Å². The molecule has 3 rings (SSSR count). The molecule has 25 heavy (non-hydrogen) atoms. The lowest BCUT2D eigenvalue weighted by molar-refractivity contribution is 0.0779. The Labute approximate surface area is 145 Å². The van der Waals surface area contributed by atoms with Gasteiger partial charge in [-0.25, -0.2) is 9.07 Å². The van der Waals surface area contributed by atoms with Crippen LogP contribution in [0.3, 0.4) is 0 Å². The summed E-state index contributed by atoms with van der Waals surface area (Å²) in [4.78, 5) is 14.1. The van der Waals surface area contributed by atoms with Crippen LogP contribution in [0.25, 0.3) is 5.69 Å². The van der Waals surface area contributed by atoms with Gasteiger partial charge in [-0.3, -0.25) is 4.79 Å². The van der Waals surface area contributed by atoms with Crippen LogP contribution in [0, 0.1) is 5.82 Å². The monoisotopic (exact) mass is 339 g/mol. The van der Waals surface area contributed by atoms with Crippen LogP contribution >= 0.6 is 0 Å². The number of nitrogens with zero attached hydrogens (tertiary/aromatic N) is 3. The van der Waals surface area contributed by atoms with E-state index >= 15 is 0 Å². The minimum Gasteiger partial charge on any atom is -0.497 e. The Morgan fingerprint density at radius 3 is 2.44 bits per heavy atom. The fraction of sp³-hybridized carbons (Fsp3) is 0.158. The number of methoxy groups -OCH3 is 1. The number of aromatic nitrogens is 2. The summed E-state index contributed by atoms with van der Waals surface area (Å²) in [7, 11) is 3.34. The third kappa shape index (κ3) is 3.85. The Morgan fingerprint density at radius 2 is 1.80 bits per heavy atom. The van der Waals surface area contributed by atoms with E-state index in [4.69, 9.17) is 4.74 Å². The normalized spacial score (nSPS) is 10.5. The Hall–Kier alpha value is -3.15. The van der Waals surface area contributed by atoms with Gasteiger partial charge in [-0.05, 0) is 48.0 Å². The molecule has 0 aliphatic rings. The molecule has 2 aromatic carbocycles. The predicted molar refractivity (Wildman–Crippen MR) is 92.3 cm³/mol. The summed E-state index contributed by atoms with van der Waals surface area (Å²) >= 11 is 0. The molecule has 1 heterocycles. The largest absolute Gasteiger partial charge is 0.497 e. The van der Waals surface area contributed by atoms with Crippen molar-refractivity contribution in [3.05, 3.63) is 77.9 Å². The molecule has 0 unspecified atom stereocenters. The molecule has 0 radical (unpaired) electrons. The van der Waals surface area contributed by atoms with Gasteiger partial charge < -0.3 is 9.64 Å². The average molecular weight is 339 g/mol. The number of hydrogen-bond acceptors (Lipinski definition) is 3. The number of hydrogen-bond donors (Lipinski definition) is 0. The highest BCUT2D eigenvalue weighted by Crippen LogP contribution is 2.14. The minimum absolute atomic E-state index is 0.184. The van der Waals surface area contributed by atoms with Gasteiger partial charge in [0, 0.05) is 19.8 Å². The minimum atomic E-state index is -0.313. The van der Waals surface area contributed by atoms with Crippen LogP contribution in [0.2, 0.25) is 0 Å². The summed E-state index contributed by atoms with van der Waals surface area (Å²) in [5, 5.41) is 4.28. The third-order valence-corrected chi connectivity index (χ3v) is 3.82. The topological polar surface area (TPSA) is 47.4 Å². The number of carbonyl (C=O) groups excluding carboxylic acids is 1. The van der Waals surface area contributed by atoms with Crippen LogP contribution < -0.4 is 4.74 Å². The van der Waals surface area contributed by atoms with E-state index < -0.39 is 0 Å². The molecule has 128 valence electrons. The van der Waals surface area contributed by atoms with E-state index in [0.29, 0.717) is 17.9 Å². The van der Waals surface area contributed by atoms with Crippen LogP contribution in [0.1, 0.15) is 16.1 Å². The summed E-state index contributed by atoms with van der Waals surface area (Å²) in [6.07, 6.45) is 1.68. The highest BCUT2D eigenvalue weighted by atomic mass is 19.1. The zero-order chi connectivity index (χ0) is 17.8. The van der Waals surface area contributed by atoms with Gasteiger partial charge >= 0.3 is 0 Å². The van der Waals surface area contributed by atoms with E-state index in [2.05, 4.69) is 5.10 Å². The highest BCUT2D eigenvalue weighted by molar-refractivity contribution is 5.92. The van der Waals surface area contributed by atoms with Gasteiger partial charge in [0.1, 0.15) is 11.6 Å². The van der Waals surface area contributed by atoms with Crippen molar-refractivity contribution in [2.45, 2.75) is 6.54 Å². The Bertz CT molecular complexity index is 857. The molecular formula is C19H18FN3O2. The zero-order valence-corrected chi connectivity index (χ0v) is 14.0. The molecule has 1 amide bonds. The Morgan fingerprint density at radius 1 is 1.12 bits per heavy atom. The lowest BCUT2D eigenvalue weighted by Crippen LogP contribution is -2.26. The highest BCUT2D eigenvalue weighted by Gasteiger charge is 2.15. The maximum Gasteiger partial charge on any atom is 0.274 e. The Balaban J connectivity index is 1.70. The molecule has 0 N–H and O–H groups in total. The van der Waals surface area contributed by atoms with Crippen LogP contribution in [0.5, 0.6) is 5.75 Å². The van der Waals surface area contributed by atoms with Crippen LogP contribution in [0.15, 0.2) is 60.8 Å². The van der Waals surface area contributed by atoms with E-state index in [-0.39, 0.29) is 11.7 Å². The lowest BCUT2D eigenvalue weighted by Gasteiger charge is -2.16. The smallest absolute Gasteiger partial charge is 0.274 e. The fourth-order valence-corrected chi connectivity index (χ4v) is 2.45. The summed E-state index contributed by atoms with van der Waals surface area (Å²) in [6, 6.07) is 15.1. The van der Waals surface area contributed by atoms with Crippen LogP contribution in [0.4, 0.5) is 4.39 Å². The molecule has 6 heteroatoms. The number of benzene rings is 2. The second-order valence-electron chi connectivity index (χ2n) is 5.63. The Kier molecular flexibility index (Phi) is 4.79. The maximum atomic E-state index is 13.0. The van der Waals surface area contributed by atoms with E-state index in [9.17, 15) is 9.18 Å². The molecule has 0 aliphatic heterocycles. The second kappa shape index (κ2) is 7.17. The van der Waals surface area contributed by atoms with E-state index in [0.717, 1.165) is 11.3 Å². The van der Waals surface area contributed by atoms with Crippen LogP contribution in [-0.4, -0.2) is 34.7 Å². The first-order chi connectivity index (χ1) is 12.1. The lowest BCUT2D eigenvalue weighted by atomic mass is 10.2. The molecule has 0 aliphatic carbocycles. The van der Waals surface area contributed by atoms with Gasteiger partial charge in [0.05, 0.1) is 12.8 Å². The van der Waals surface area contributed by atoms with Crippen molar-refractivity contribution in [1.82, 2.24) is 14.7 Å². The quantitative estimate of drug-likeness (QED) is 0.717. The van der Waals surface area contributed by atoms with E-state index in [1.165, 1.54) is 12.1 Å². The molecule has 0 atom stereocenters. The molecule has 3 aromatic rings. The molecule has 5 nitrogen and oxygen atoms in total. The SMILES string of the molecule is COc1ccc(CN(C)C(=O)c2ccn(-c3ccc(F)cc3)n2)cc1. The van der Waals surface area contributed by atoms with Crippen molar-refractivity contribution < 1.29 is 13.9 Å².